The van der Waals surface area contributed by atoms with E-state index in [1.54, 1.807) is 22.2 Å². The zero-order chi connectivity index (χ0) is 9.97. The van der Waals surface area contributed by atoms with Gasteiger partial charge >= 0.3 is 0 Å². The first kappa shape index (κ1) is 9.54. The van der Waals surface area contributed by atoms with Crippen molar-refractivity contribution >= 4 is 33.6 Å². The summed E-state index contributed by atoms with van der Waals surface area (Å²) in [6, 6.07) is 2.01. The Morgan fingerprint density at radius 3 is 3.07 bits per heavy atom. The lowest BCUT2D eigenvalue weighted by atomic mass is 10.3. The minimum Gasteiger partial charge on any atom is -0.296 e. The number of hydrogen-bond donors (Lipinski definition) is 0. The van der Waals surface area contributed by atoms with Crippen LogP contribution in [0.3, 0.4) is 0 Å². The molecule has 14 heavy (non-hydrogen) atoms. The van der Waals surface area contributed by atoms with Crippen LogP contribution in [0.4, 0.5) is 0 Å². The van der Waals surface area contributed by atoms with Crippen molar-refractivity contribution in [2.45, 2.75) is 6.54 Å². The van der Waals surface area contributed by atoms with Gasteiger partial charge in [0.05, 0.1) is 16.5 Å². The first-order valence-electron chi connectivity index (χ1n) is 3.87. The van der Waals surface area contributed by atoms with E-state index in [-0.39, 0.29) is 0 Å². The molecule has 0 bridgehead atoms. The smallest absolute Gasteiger partial charge is 0.171 e. The Bertz CT molecular complexity index is 451. The van der Waals surface area contributed by atoms with Crippen LogP contribution in [0.2, 0.25) is 0 Å². The lowest BCUT2D eigenvalue weighted by molar-refractivity contribution is 0.111. The molecule has 2 rings (SSSR count). The zero-order valence-corrected chi connectivity index (χ0v) is 9.46. The van der Waals surface area contributed by atoms with Gasteiger partial charge in [-0.05, 0) is 32.9 Å². The van der Waals surface area contributed by atoms with Gasteiger partial charge < -0.3 is 0 Å². The summed E-state index contributed by atoms with van der Waals surface area (Å²) in [7, 11) is 0. The van der Waals surface area contributed by atoms with Crippen molar-refractivity contribution in [3.05, 3.63) is 32.7 Å². The maximum absolute atomic E-state index is 10.4. The summed E-state index contributed by atoms with van der Waals surface area (Å²) in [4.78, 5) is 10.4. The van der Waals surface area contributed by atoms with Gasteiger partial charge in [-0.15, -0.1) is 16.4 Å². The number of aromatic nitrogens is 3. The maximum atomic E-state index is 10.4. The van der Waals surface area contributed by atoms with Gasteiger partial charge in [0, 0.05) is 0 Å². The Kier molecular flexibility index (Phi) is 2.74. The van der Waals surface area contributed by atoms with Crippen molar-refractivity contribution in [3.8, 4) is 0 Å². The van der Waals surface area contributed by atoms with E-state index in [1.807, 2.05) is 11.4 Å². The molecular formula is C8H6BrN3OS. The molecule has 6 heteroatoms. The van der Waals surface area contributed by atoms with E-state index in [9.17, 15) is 4.79 Å². The number of carbonyl (C=O) groups excluding carboxylic acids is 1. The molecule has 2 aromatic heterocycles. The van der Waals surface area contributed by atoms with Crippen LogP contribution < -0.4 is 0 Å². The highest BCUT2D eigenvalue weighted by Crippen LogP contribution is 2.23. The summed E-state index contributed by atoms with van der Waals surface area (Å²) in [5, 5.41) is 9.50. The second-order valence-corrected chi connectivity index (χ2v) is 4.91. The van der Waals surface area contributed by atoms with E-state index in [1.165, 1.54) is 0 Å². The lowest BCUT2D eigenvalue weighted by Crippen LogP contribution is -1.99. The Labute approximate surface area is 92.7 Å². The number of carbonyl (C=O) groups is 1. The van der Waals surface area contributed by atoms with Crippen LogP contribution in [-0.2, 0) is 6.54 Å². The second kappa shape index (κ2) is 4.02. The number of nitrogens with zero attached hydrogens (tertiary/aromatic N) is 3. The average molecular weight is 272 g/mol. The summed E-state index contributed by atoms with van der Waals surface area (Å²) in [6.45, 7) is 0.630. The highest BCUT2D eigenvalue weighted by atomic mass is 79.9. The largest absolute Gasteiger partial charge is 0.296 e. The quantitative estimate of drug-likeness (QED) is 0.802. The molecule has 0 aromatic carbocycles. The van der Waals surface area contributed by atoms with E-state index >= 15 is 0 Å². The van der Waals surface area contributed by atoms with Gasteiger partial charge in [-0.2, -0.15) is 0 Å². The second-order valence-electron chi connectivity index (χ2n) is 2.68. The maximum Gasteiger partial charge on any atom is 0.171 e. The van der Waals surface area contributed by atoms with Gasteiger partial charge in [-0.1, -0.05) is 5.21 Å². The lowest BCUT2D eigenvalue weighted by Gasteiger charge is -1.97. The highest BCUT2D eigenvalue weighted by molar-refractivity contribution is 9.11. The van der Waals surface area contributed by atoms with E-state index < -0.39 is 0 Å². The number of halogens is 1. The summed E-state index contributed by atoms with van der Waals surface area (Å²) in [5.74, 6) is 0. The number of rotatable bonds is 3. The van der Waals surface area contributed by atoms with Crippen LogP contribution >= 0.6 is 27.3 Å². The third-order valence-electron chi connectivity index (χ3n) is 1.70. The van der Waals surface area contributed by atoms with Gasteiger partial charge in [0.2, 0.25) is 0 Å². The normalized spacial score (nSPS) is 10.4. The fourth-order valence-corrected chi connectivity index (χ4v) is 2.27. The molecule has 2 heterocycles. The fourth-order valence-electron chi connectivity index (χ4n) is 1.05. The Hall–Kier alpha value is -1.01. The van der Waals surface area contributed by atoms with Crippen LogP contribution in [0.25, 0.3) is 0 Å². The first-order chi connectivity index (χ1) is 6.79. The van der Waals surface area contributed by atoms with Crippen molar-refractivity contribution in [2.24, 2.45) is 0 Å². The summed E-state index contributed by atoms with van der Waals surface area (Å²) >= 11 is 5.06. The van der Waals surface area contributed by atoms with Gasteiger partial charge in [-0.25, -0.2) is 4.68 Å². The van der Waals surface area contributed by atoms with Crippen LogP contribution in [0.5, 0.6) is 0 Å². The van der Waals surface area contributed by atoms with E-state index in [0.717, 1.165) is 9.35 Å². The molecule has 0 radical (unpaired) electrons. The third-order valence-corrected chi connectivity index (χ3v) is 3.51. The van der Waals surface area contributed by atoms with Crippen LogP contribution in [0.15, 0.2) is 21.4 Å². The van der Waals surface area contributed by atoms with Crippen molar-refractivity contribution in [1.29, 1.82) is 0 Å². The van der Waals surface area contributed by atoms with E-state index in [0.29, 0.717) is 18.5 Å². The van der Waals surface area contributed by atoms with Gasteiger partial charge in [0.25, 0.3) is 0 Å². The molecule has 72 valence electrons. The summed E-state index contributed by atoms with van der Waals surface area (Å²) in [6.07, 6.45) is 2.31. The van der Waals surface area contributed by atoms with Gasteiger partial charge in [0.15, 0.2) is 6.29 Å². The van der Waals surface area contributed by atoms with Crippen LogP contribution in [0, 0.1) is 0 Å². The summed E-state index contributed by atoms with van der Waals surface area (Å²) in [5.41, 5.74) is 1.49. The fraction of sp³-hybridized carbons (Fsp3) is 0.125. The molecule has 0 unspecified atom stereocenters. The van der Waals surface area contributed by atoms with Gasteiger partial charge in [-0.3, -0.25) is 4.79 Å². The minimum atomic E-state index is 0.358. The molecule has 4 nitrogen and oxygen atoms in total. The molecule has 2 aromatic rings. The first-order valence-corrected chi connectivity index (χ1v) is 5.54. The molecule has 0 fully saturated rings. The molecule has 0 aliphatic heterocycles. The highest BCUT2D eigenvalue weighted by Gasteiger charge is 2.04. The Balaban J connectivity index is 2.18. The molecule has 0 saturated carbocycles. The van der Waals surface area contributed by atoms with Crippen molar-refractivity contribution in [3.63, 3.8) is 0 Å². The SMILES string of the molecule is O=Cc1cn(Cc2ccsc2Br)nn1. The molecule has 0 aliphatic rings. The van der Waals surface area contributed by atoms with E-state index in [4.69, 9.17) is 0 Å². The molecule has 0 aliphatic carbocycles. The number of thiophene rings is 1. The van der Waals surface area contributed by atoms with Crippen LogP contribution in [-0.4, -0.2) is 21.3 Å². The topological polar surface area (TPSA) is 47.8 Å². The predicted molar refractivity (Wildman–Crippen MR) is 56.5 cm³/mol. The number of aldehydes is 1. The van der Waals surface area contributed by atoms with E-state index in [2.05, 4.69) is 26.2 Å². The monoisotopic (exact) mass is 271 g/mol. The van der Waals surface area contributed by atoms with Crippen molar-refractivity contribution < 1.29 is 4.79 Å². The zero-order valence-electron chi connectivity index (χ0n) is 7.05. The molecule has 0 N–H and O–H groups in total. The predicted octanol–water partition coefficient (Wildman–Crippen LogP) is 1.96. The number of hydrogen-bond acceptors (Lipinski definition) is 4. The Morgan fingerprint density at radius 2 is 2.50 bits per heavy atom. The molecule has 0 spiro atoms. The van der Waals surface area contributed by atoms with Crippen LogP contribution in [0.1, 0.15) is 16.1 Å². The molecular weight excluding hydrogens is 266 g/mol. The molecule has 0 saturated heterocycles. The third kappa shape index (κ3) is 1.91. The molecule has 0 amide bonds. The summed E-state index contributed by atoms with van der Waals surface area (Å²) < 4.78 is 2.72. The van der Waals surface area contributed by atoms with Gasteiger partial charge in [0.1, 0.15) is 5.69 Å². The average Bonchev–Trinajstić information content (AvgIpc) is 2.77. The standard InChI is InChI=1S/C8H6BrN3OS/c9-8-6(1-2-14-8)3-12-4-7(5-13)10-11-12/h1-2,4-5H,3H2. The Morgan fingerprint density at radius 1 is 1.64 bits per heavy atom. The van der Waals surface area contributed by atoms with Crippen molar-refractivity contribution in [2.75, 3.05) is 0 Å². The van der Waals surface area contributed by atoms with Crippen molar-refractivity contribution in [1.82, 2.24) is 15.0 Å². The minimum absolute atomic E-state index is 0.358. The molecule has 0 atom stereocenters.